The summed E-state index contributed by atoms with van der Waals surface area (Å²) in [5.74, 6) is 0. The fraction of sp³-hybridized carbons (Fsp3) is 1.00. The molecule has 3 heteroatoms. The maximum Gasteiger partial charge on any atom is 0.213 e. The van der Waals surface area contributed by atoms with Gasteiger partial charge < -0.3 is 9.47 Å². The standard InChI is InChI=1S/C13H29NO2/c1-5-9-11(7-3)15-13(14)16-12(8-4)10-6-2/h11-13H,5-10,14H2,1-4H3. The van der Waals surface area contributed by atoms with Gasteiger partial charge in [0.1, 0.15) is 0 Å². The summed E-state index contributed by atoms with van der Waals surface area (Å²) in [5, 5.41) is 0. The van der Waals surface area contributed by atoms with Crippen LogP contribution in [0.2, 0.25) is 0 Å². The summed E-state index contributed by atoms with van der Waals surface area (Å²) in [6.45, 7) is 8.56. The summed E-state index contributed by atoms with van der Waals surface area (Å²) in [6, 6.07) is 0. The van der Waals surface area contributed by atoms with Crippen LogP contribution in [0.25, 0.3) is 0 Å². The Balaban J connectivity index is 3.88. The minimum Gasteiger partial charge on any atom is -0.337 e. The normalized spacial score (nSPS) is 17.1. The highest BCUT2D eigenvalue weighted by atomic mass is 16.7. The van der Waals surface area contributed by atoms with Gasteiger partial charge in [0.15, 0.2) is 0 Å². The van der Waals surface area contributed by atoms with Crippen LogP contribution in [0.5, 0.6) is 0 Å². The third-order valence-corrected chi connectivity index (χ3v) is 2.79. The van der Waals surface area contributed by atoms with Gasteiger partial charge in [-0.3, -0.25) is 5.73 Å². The molecule has 0 aliphatic rings. The Bertz CT molecular complexity index is 137. The van der Waals surface area contributed by atoms with Crippen molar-refractivity contribution in [1.29, 1.82) is 0 Å². The van der Waals surface area contributed by atoms with E-state index < -0.39 is 6.41 Å². The molecule has 0 saturated heterocycles. The van der Waals surface area contributed by atoms with Gasteiger partial charge in [0.2, 0.25) is 6.41 Å². The first kappa shape index (κ1) is 15.9. The molecule has 0 spiro atoms. The topological polar surface area (TPSA) is 44.5 Å². The van der Waals surface area contributed by atoms with Gasteiger partial charge in [-0.2, -0.15) is 0 Å². The van der Waals surface area contributed by atoms with E-state index in [0.717, 1.165) is 38.5 Å². The van der Waals surface area contributed by atoms with Crippen molar-refractivity contribution >= 4 is 0 Å². The van der Waals surface area contributed by atoms with E-state index in [-0.39, 0.29) is 12.2 Å². The third kappa shape index (κ3) is 7.20. The van der Waals surface area contributed by atoms with E-state index >= 15 is 0 Å². The summed E-state index contributed by atoms with van der Waals surface area (Å²) in [7, 11) is 0. The molecule has 2 unspecified atom stereocenters. The first-order valence-corrected chi connectivity index (χ1v) is 6.74. The number of rotatable bonds is 10. The predicted octanol–water partition coefficient (Wildman–Crippen LogP) is 3.42. The Morgan fingerprint density at radius 3 is 1.44 bits per heavy atom. The van der Waals surface area contributed by atoms with Crippen LogP contribution in [0, 0.1) is 0 Å². The quantitative estimate of drug-likeness (QED) is 0.586. The van der Waals surface area contributed by atoms with Crippen LogP contribution in [0.15, 0.2) is 0 Å². The Hall–Kier alpha value is -0.120. The van der Waals surface area contributed by atoms with E-state index in [4.69, 9.17) is 15.2 Å². The summed E-state index contributed by atoms with van der Waals surface area (Å²) >= 11 is 0. The molecule has 0 aromatic rings. The molecular formula is C13H29NO2. The molecule has 98 valence electrons. The number of hydrogen-bond acceptors (Lipinski definition) is 3. The van der Waals surface area contributed by atoms with Crippen molar-refractivity contribution < 1.29 is 9.47 Å². The molecule has 16 heavy (non-hydrogen) atoms. The summed E-state index contributed by atoms with van der Waals surface area (Å²) in [4.78, 5) is 0. The largest absolute Gasteiger partial charge is 0.337 e. The highest BCUT2D eigenvalue weighted by Crippen LogP contribution is 2.12. The zero-order chi connectivity index (χ0) is 12.4. The molecule has 2 N–H and O–H groups in total. The molecular weight excluding hydrogens is 202 g/mol. The Morgan fingerprint density at radius 2 is 1.19 bits per heavy atom. The van der Waals surface area contributed by atoms with Crippen molar-refractivity contribution in [2.45, 2.75) is 84.8 Å². The Morgan fingerprint density at radius 1 is 0.812 bits per heavy atom. The van der Waals surface area contributed by atoms with Crippen molar-refractivity contribution in [2.75, 3.05) is 0 Å². The lowest BCUT2D eigenvalue weighted by molar-refractivity contribution is -0.194. The van der Waals surface area contributed by atoms with E-state index in [1.807, 2.05) is 0 Å². The molecule has 0 radical (unpaired) electrons. The summed E-state index contributed by atoms with van der Waals surface area (Å²) in [6.07, 6.45) is 6.25. The molecule has 0 aromatic carbocycles. The second kappa shape index (κ2) is 10.1. The molecule has 0 heterocycles. The molecule has 3 nitrogen and oxygen atoms in total. The SMILES string of the molecule is CCCC(CC)OC(N)OC(CC)CCC. The van der Waals surface area contributed by atoms with Gasteiger partial charge in [0, 0.05) is 0 Å². The molecule has 0 saturated carbocycles. The zero-order valence-corrected chi connectivity index (χ0v) is 11.4. The van der Waals surface area contributed by atoms with Gasteiger partial charge in [-0.15, -0.1) is 0 Å². The third-order valence-electron chi connectivity index (χ3n) is 2.79. The number of ether oxygens (including phenoxy) is 2. The monoisotopic (exact) mass is 231 g/mol. The predicted molar refractivity (Wildman–Crippen MR) is 68.1 cm³/mol. The van der Waals surface area contributed by atoms with Crippen LogP contribution in [0.1, 0.15) is 66.2 Å². The first-order valence-electron chi connectivity index (χ1n) is 6.74. The second-order valence-corrected chi connectivity index (χ2v) is 4.28. The number of nitrogens with two attached hydrogens (primary N) is 1. The van der Waals surface area contributed by atoms with Gasteiger partial charge >= 0.3 is 0 Å². The Kier molecular flexibility index (Phi) is 9.99. The van der Waals surface area contributed by atoms with E-state index in [9.17, 15) is 0 Å². The molecule has 0 bridgehead atoms. The fourth-order valence-electron chi connectivity index (χ4n) is 1.79. The molecule has 2 atom stereocenters. The van der Waals surface area contributed by atoms with E-state index in [1.54, 1.807) is 0 Å². The van der Waals surface area contributed by atoms with Crippen molar-refractivity contribution in [2.24, 2.45) is 5.73 Å². The van der Waals surface area contributed by atoms with Crippen LogP contribution in [-0.2, 0) is 9.47 Å². The highest BCUT2D eigenvalue weighted by Gasteiger charge is 2.15. The molecule has 0 fully saturated rings. The van der Waals surface area contributed by atoms with Crippen LogP contribution in [0.4, 0.5) is 0 Å². The summed E-state index contributed by atoms with van der Waals surface area (Å²) in [5.41, 5.74) is 5.84. The van der Waals surface area contributed by atoms with Gasteiger partial charge in [-0.05, 0) is 25.7 Å². The Labute approximate surface area is 101 Å². The van der Waals surface area contributed by atoms with Crippen LogP contribution < -0.4 is 5.73 Å². The van der Waals surface area contributed by atoms with Crippen molar-refractivity contribution in [3.8, 4) is 0 Å². The molecule has 0 aliphatic heterocycles. The van der Waals surface area contributed by atoms with Crippen LogP contribution in [0.3, 0.4) is 0 Å². The lowest BCUT2D eigenvalue weighted by atomic mass is 10.1. The molecule has 0 aliphatic carbocycles. The van der Waals surface area contributed by atoms with Crippen molar-refractivity contribution in [3.05, 3.63) is 0 Å². The van der Waals surface area contributed by atoms with Gasteiger partial charge in [0.25, 0.3) is 0 Å². The van der Waals surface area contributed by atoms with Gasteiger partial charge in [-0.1, -0.05) is 40.5 Å². The minimum atomic E-state index is -0.562. The van der Waals surface area contributed by atoms with Crippen LogP contribution >= 0.6 is 0 Å². The smallest absolute Gasteiger partial charge is 0.213 e. The lowest BCUT2D eigenvalue weighted by Crippen LogP contribution is -2.35. The van der Waals surface area contributed by atoms with Gasteiger partial charge in [-0.25, -0.2) is 0 Å². The fourth-order valence-corrected chi connectivity index (χ4v) is 1.79. The van der Waals surface area contributed by atoms with Crippen molar-refractivity contribution in [1.82, 2.24) is 0 Å². The maximum absolute atomic E-state index is 5.84. The summed E-state index contributed by atoms with van der Waals surface area (Å²) < 4.78 is 11.3. The zero-order valence-electron chi connectivity index (χ0n) is 11.4. The van der Waals surface area contributed by atoms with Crippen molar-refractivity contribution in [3.63, 3.8) is 0 Å². The van der Waals surface area contributed by atoms with Gasteiger partial charge in [0.05, 0.1) is 12.2 Å². The maximum atomic E-state index is 5.84. The number of hydrogen-bond donors (Lipinski definition) is 1. The highest BCUT2D eigenvalue weighted by molar-refractivity contribution is 4.57. The molecule has 0 amide bonds. The first-order chi connectivity index (χ1) is 7.67. The second-order valence-electron chi connectivity index (χ2n) is 4.28. The van der Waals surface area contributed by atoms with Crippen LogP contribution in [-0.4, -0.2) is 18.6 Å². The minimum absolute atomic E-state index is 0.235. The average molecular weight is 231 g/mol. The molecule has 0 aromatic heterocycles. The lowest BCUT2D eigenvalue weighted by Gasteiger charge is -2.24. The van der Waals surface area contributed by atoms with E-state index in [1.165, 1.54) is 0 Å². The average Bonchev–Trinajstić information content (AvgIpc) is 2.27. The van der Waals surface area contributed by atoms with E-state index in [0.29, 0.717) is 0 Å². The van der Waals surface area contributed by atoms with E-state index in [2.05, 4.69) is 27.7 Å². The molecule has 0 rings (SSSR count).